The summed E-state index contributed by atoms with van der Waals surface area (Å²) < 4.78 is 0. The van der Waals surface area contributed by atoms with Crippen molar-refractivity contribution >= 4 is 0 Å². The number of nitrogens with two attached hydrogens (primary N) is 1. The van der Waals surface area contributed by atoms with Crippen LogP contribution in [0.25, 0.3) is 0 Å². The smallest absolute Gasteiger partial charge is 0.0332 e. The van der Waals surface area contributed by atoms with Gasteiger partial charge in [0.1, 0.15) is 0 Å². The molecule has 1 aromatic carbocycles. The van der Waals surface area contributed by atoms with Gasteiger partial charge < -0.3 is 5.73 Å². The van der Waals surface area contributed by atoms with Gasteiger partial charge in [-0.1, -0.05) is 29.8 Å². The summed E-state index contributed by atoms with van der Waals surface area (Å²) in [4.78, 5) is 0. The Kier molecular flexibility index (Phi) is 3.26. The zero-order chi connectivity index (χ0) is 9.84. The van der Waals surface area contributed by atoms with Crippen LogP contribution in [-0.4, -0.2) is 0 Å². The summed E-state index contributed by atoms with van der Waals surface area (Å²) in [6.07, 6.45) is 2.70. The van der Waals surface area contributed by atoms with Crippen molar-refractivity contribution in [3.05, 3.63) is 47.5 Å². The molecule has 0 aliphatic heterocycles. The predicted octanol–water partition coefficient (Wildman–Crippen LogP) is 2.88. The average Bonchev–Trinajstić information content (AvgIpc) is 2.04. The molecule has 0 fully saturated rings. The summed E-state index contributed by atoms with van der Waals surface area (Å²) in [5.74, 6) is 0. The van der Waals surface area contributed by atoms with Crippen LogP contribution < -0.4 is 5.73 Å². The monoisotopic (exact) mass is 175 g/mol. The summed E-state index contributed by atoms with van der Waals surface area (Å²) in [7, 11) is 0. The zero-order valence-electron chi connectivity index (χ0n) is 8.38. The van der Waals surface area contributed by atoms with Gasteiger partial charge in [0.2, 0.25) is 0 Å². The highest BCUT2D eigenvalue weighted by Gasteiger charge is 2.06. The van der Waals surface area contributed by atoms with Crippen molar-refractivity contribution in [2.45, 2.75) is 26.3 Å². The van der Waals surface area contributed by atoms with E-state index in [2.05, 4.69) is 38.6 Å². The highest BCUT2D eigenvalue weighted by atomic mass is 14.6. The second-order valence-corrected chi connectivity index (χ2v) is 3.49. The lowest BCUT2D eigenvalue weighted by atomic mass is 9.98. The van der Waals surface area contributed by atoms with Crippen LogP contribution in [0.15, 0.2) is 30.9 Å². The number of rotatable bonds is 3. The Morgan fingerprint density at radius 1 is 1.46 bits per heavy atom. The molecule has 1 rings (SSSR count). The number of benzene rings is 1. The standard InChI is InChI=1S/C12H17N/c1-4-5-12(13)11-7-6-9(2)8-10(11)3/h4,6-8,12H,1,5,13H2,2-3H3/t12-/m0/s1. The zero-order valence-corrected chi connectivity index (χ0v) is 8.38. The Labute approximate surface area is 80.3 Å². The highest BCUT2D eigenvalue weighted by molar-refractivity contribution is 5.32. The van der Waals surface area contributed by atoms with Crippen LogP contribution in [0.3, 0.4) is 0 Å². The molecule has 0 unspecified atom stereocenters. The summed E-state index contributed by atoms with van der Waals surface area (Å²) in [5.41, 5.74) is 9.77. The van der Waals surface area contributed by atoms with E-state index < -0.39 is 0 Å². The van der Waals surface area contributed by atoms with Crippen LogP contribution in [0.5, 0.6) is 0 Å². The quantitative estimate of drug-likeness (QED) is 0.702. The minimum Gasteiger partial charge on any atom is -0.324 e. The first-order valence-electron chi connectivity index (χ1n) is 4.58. The van der Waals surface area contributed by atoms with E-state index >= 15 is 0 Å². The molecule has 0 saturated heterocycles. The highest BCUT2D eigenvalue weighted by Crippen LogP contribution is 2.19. The molecule has 0 amide bonds. The molecular formula is C12H17N. The maximum Gasteiger partial charge on any atom is 0.0332 e. The van der Waals surface area contributed by atoms with Crippen LogP contribution in [0.2, 0.25) is 0 Å². The third-order valence-electron chi connectivity index (χ3n) is 2.25. The summed E-state index contributed by atoms with van der Waals surface area (Å²) in [5, 5.41) is 0. The molecule has 1 atom stereocenters. The van der Waals surface area contributed by atoms with Gasteiger partial charge in [0.25, 0.3) is 0 Å². The first-order valence-corrected chi connectivity index (χ1v) is 4.58. The van der Waals surface area contributed by atoms with Gasteiger partial charge in [-0.3, -0.25) is 0 Å². The molecule has 0 saturated carbocycles. The fraction of sp³-hybridized carbons (Fsp3) is 0.333. The summed E-state index contributed by atoms with van der Waals surface area (Å²) in [6, 6.07) is 6.47. The number of aryl methyl sites for hydroxylation is 2. The molecule has 1 nitrogen and oxygen atoms in total. The first kappa shape index (κ1) is 10.0. The lowest BCUT2D eigenvalue weighted by molar-refractivity contribution is 0.735. The van der Waals surface area contributed by atoms with Gasteiger partial charge in [0.05, 0.1) is 0 Å². The average molecular weight is 175 g/mol. The van der Waals surface area contributed by atoms with E-state index in [4.69, 9.17) is 5.73 Å². The molecule has 0 bridgehead atoms. The molecule has 0 heterocycles. The maximum atomic E-state index is 5.99. The Bertz CT molecular complexity index is 302. The minimum absolute atomic E-state index is 0.0955. The second-order valence-electron chi connectivity index (χ2n) is 3.49. The Morgan fingerprint density at radius 3 is 2.69 bits per heavy atom. The van der Waals surface area contributed by atoms with Gasteiger partial charge in [-0.2, -0.15) is 0 Å². The van der Waals surface area contributed by atoms with Crippen LogP contribution in [0.4, 0.5) is 0 Å². The predicted molar refractivity (Wildman–Crippen MR) is 57.7 cm³/mol. The van der Waals surface area contributed by atoms with E-state index in [1.165, 1.54) is 16.7 Å². The molecule has 1 heteroatoms. The Hall–Kier alpha value is -1.08. The van der Waals surface area contributed by atoms with Crippen molar-refractivity contribution < 1.29 is 0 Å². The van der Waals surface area contributed by atoms with Gasteiger partial charge >= 0.3 is 0 Å². The van der Waals surface area contributed by atoms with Crippen molar-refractivity contribution in [2.75, 3.05) is 0 Å². The molecule has 0 aromatic heterocycles. The molecular weight excluding hydrogens is 158 g/mol. The van der Waals surface area contributed by atoms with Crippen LogP contribution >= 0.6 is 0 Å². The van der Waals surface area contributed by atoms with Crippen LogP contribution in [0.1, 0.15) is 29.2 Å². The molecule has 0 spiro atoms. The van der Waals surface area contributed by atoms with Gasteiger partial charge in [0, 0.05) is 6.04 Å². The van der Waals surface area contributed by atoms with Gasteiger partial charge in [-0.15, -0.1) is 6.58 Å². The normalized spacial score (nSPS) is 12.5. The van der Waals surface area contributed by atoms with E-state index in [-0.39, 0.29) is 6.04 Å². The fourth-order valence-corrected chi connectivity index (χ4v) is 1.55. The van der Waals surface area contributed by atoms with Crippen molar-refractivity contribution in [2.24, 2.45) is 5.73 Å². The van der Waals surface area contributed by atoms with Crippen molar-refractivity contribution in [1.82, 2.24) is 0 Å². The molecule has 0 radical (unpaired) electrons. The molecule has 0 aliphatic carbocycles. The first-order chi connectivity index (χ1) is 6.15. The third-order valence-corrected chi connectivity index (χ3v) is 2.25. The number of hydrogen-bond donors (Lipinski definition) is 1. The van der Waals surface area contributed by atoms with Gasteiger partial charge in [0.15, 0.2) is 0 Å². The van der Waals surface area contributed by atoms with Crippen molar-refractivity contribution in [1.29, 1.82) is 0 Å². The third kappa shape index (κ3) is 2.43. The van der Waals surface area contributed by atoms with Crippen LogP contribution in [0, 0.1) is 13.8 Å². The van der Waals surface area contributed by atoms with Crippen molar-refractivity contribution in [3.8, 4) is 0 Å². The lowest BCUT2D eigenvalue weighted by Crippen LogP contribution is -2.10. The van der Waals surface area contributed by atoms with Crippen LogP contribution in [-0.2, 0) is 0 Å². The van der Waals surface area contributed by atoms with E-state index in [1.54, 1.807) is 0 Å². The molecule has 1 aromatic rings. The van der Waals surface area contributed by atoms with Crippen molar-refractivity contribution in [3.63, 3.8) is 0 Å². The largest absolute Gasteiger partial charge is 0.324 e. The topological polar surface area (TPSA) is 26.0 Å². The second kappa shape index (κ2) is 4.24. The summed E-state index contributed by atoms with van der Waals surface area (Å²) in [6.45, 7) is 7.89. The Morgan fingerprint density at radius 2 is 2.15 bits per heavy atom. The minimum atomic E-state index is 0.0955. The van der Waals surface area contributed by atoms with Gasteiger partial charge in [-0.05, 0) is 31.4 Å². The summed E-state index contributed by atoms with van der Waals surface area (Å²) >= 11 is 0. The molecule has 13 heavy (non-hydrogen) atoms. The molecule has 2 N–H and O–H groups in total. The van der Waals surface area contributed by atoms with E-state index in [0.29, 0.717) is 0 Å². The SMILES string of the molecule is C=CC[C@H](N)c1ccc(C)cc1C. The maximum absolute atomic E-state index is 5.99. The number of hydrogen-bond acceptors (Lipinski definition) is 1. The molecule has 0 aliphatic rings. The molecule has 70 valence electrons. The fourth-order valence-electron chi connectivity index (χ4n) is 1.55. The lowest BCUT2D eigenvalue weighted by Gasteiger charge is -2.13. The van der Waals surface area contributed by atoms with E-state index in [9.17, 15) is 0 Å². The van der Waals surface area contributed by atoms with E-state index in [0.717, 1.165) is 6.42 Å². The van der Waals surface area contributed by atoms with Gasteiger partial charge in [-0.25, -0.2) is 0 Å². The Balaban J connectivity index is 2.94. The van der Waals surface area contributed by atoms with E-state index in [1.807, 2.05) is 6.08 Å².